The Morgan fingerprint density at radius 2 is 2.00 bits per heavy atom. The number of hydrogen-bond acceptors (Lipinski definition) is 1. The summed E-state index contributed by atoms with van der Waals surface area (Å²) in [5.74, 6) is -0.278. The summed E-state index contributed by atoms with van der Waals surface area (Å²) in [7, 11) is 0. The first-order valence-electron chi connectivity index (χ1n) is 5.99. The van der Waals surface area contributed by atoms with Gasteiger partial charge in [-0.15, -0.1) is 0 Å². The number of nitrogens with one attached hydrogen (secondary N) is 1. The van der Waals surface area contributed by atoms with Gasteiger partial charge in [0.2, 0.25) is 0 Å². The maximum absolute atomic E-state index is 13.6. The molecule has 100 valence electrons. The zero-order valence-electron chi connectivity index (χ0n) is 10.5. The van der Waals surface area contributed by atoms with Gasteiger partial charge in [0.05, 0.1) is 0 Å². The normalized spacial score (nSPS) is 12.4. The van der Waals surface area contributed by atoms with Gasteiger partial charge >= 0.3 is 0 Å². The highest BCUT2D eigenvalue weighted by Crippen LogP contribution is 2.23. The monoisotopic (exact) mass is 341 g/mol. The number of rotatable bonds is 4. The van der Waals surface area contributed by atoms with Crippen LogP contribution in [0.1, 0.15) is 24.1 Å². The lowest BCUT2D eigenvalue weighted by atomic mass is 10.1. The van der Waals surface area contributed by atoms with Gasteiger partial charge < -0.3 is 5.32 Å². The van der Waals surface area contributed by atoms with Crippen molar-refractivity contribution in [3.05, 3.63) is 68.9 Å². The molecule has 0 heterocycles. The smallest absolute Gasteiger partial charge is 0.129 e. The van der Waals surface area contributed by atoms with Gasteiger partial charge in [0.1, 0.15) is 5.82 Å². The van der Waals surface area contributed by atoms with E-state index in [-0.39, 0.29) is 11.9 Å². The highest BCUT2D eigenvalue weighted by Gasteiger charge is 2.09. The molecule has 2 aromatic rings. The predicted octanol–water partition coefficient (Wildman–Crippen LogP) is 5.09. The molecule has 0 aromatic heterocycles. The average molecular weight is 343 g/mol. The third-order valence-corrected chi connectivity index (χ3v) is 3.94. The third kappa shape index (κ3) is 3.78. The van der Waals surface area contributed by atoms with Crippen molar-refractivity contribution >= 4 is 27.5 Å². The largest absolute Gasteiger partial charge is 0.306 e. The summed E-state index contributed by atoms with van der Waals surface area (Å²) < 4.78 is 14.7. The van der Waals surface area contributed by atoms with Crippen LogP contribution in [0.4, 0.5) is 4.39 Å². The van der Waals surface area contributed by atoms with Crippen LogP contribution in [-0.4, -0.2) is 0 Å². The molecule has 0 radical (unpaired) electrons. The van der Waals surface area contributed by atoms with Crippen molar-refractivity contribution in [1.29, 1.82) is 0 Å². The molecule has 1 N–H and O–H groups in total. The SMILES string of the molecule is C[C@H](NCc1ccc(Cl)cc1F)c1ccccc1Br. The molecule has 1 atom stereocenters. The second-order valence-electron chi connectivity index (χ2n) is 4.36. The van der Waals surface area contributed by atoms with Crippen molar-refractivity contribution in [2.75, 3.05) is 0 Å². The Morgan fingerprint density at radius 3 is 2.68 bits per heavy atom. The van der Waals surface area contributed by atoms with Crippen molar-refractivity contribution in [3.63, 3.8) is 0 Å². The lowest BCUT2D eigenvalue weighted by Crippen LogP contribution is -2.19. The molecule has 4 heteroatoms. The van der Waals surface area contributed by atoms with Gasteiger partial charge in [-0.2, -0.15) is 0 Å². The summed E-state index contributed by atoms with van der Waals surface area (Å²) in [5.41, 5.74) is 1.76. The minimum Gasteiger partial charge on any atom is -0.306 e. The molecular formula is C15H14BrClFN. The molecule has 0 aliphatic heterocycles. The van der Waals surface area contributed by atoms with Gasteiger partial charge in [-0.05, 0) is 30.7 Å². The van der Waals surface area contributed by atoms with Crippen LogP contribution in [0.3, 0.4) is 0 Å². The zero-order chi connectivity index (χ0) is 13.8. The van der Waals surface area contributed by atoms with Gasteiger partial charge in [-0.25, -0.2) is 4.39 Å². The van der Waals surface area contributed by atoms with Gasteiger partial charge in [0.25, 0.3) is 0 Å². The Balaban J connectivity index is 2.04. The van der Waals surface area contributed by atoms with Crippen LogP contribution in [0, 0.1) is 5.82 Å². The summed E-state index contributed by atoms with van der Waals surface area (Å²) in [5, 5.41) is 3.72. The third-order valence-electron chi connectivity index (χ3n) is 2.99. The van der Waals surface area contributed by atoms with Gasteiger partial charge in [-0.3, -0.25) is 0 Å². The standard InChI is InChI=1S/C15H14BrClFN/c1-10(13-4-2-3-5-14(13)16)19-9-11-6-7-12(17)8-15(11)18/h2-8,10,19H,9H2,1H3/t10-/m0/s1. The molecule has 1 nitrogen and oxygen atoms in total. The average Bonchev–Trinajstić information content (AvgIpc) is 2.38. The molecule has 0 saturated heterocycles. The summed E-state index contributed by atoms with van der Waals surface area (Å²) in [4.78, 5) is 0. The second-order valence-corrected chi connectivity index (χ2v) is 5.65. The molecule has 19 heavy (non-hydrogen) atoms. The summed E-state index contributed by atoms with van der Waals surface area (Å²) in [6.07, 6.45) is 0. The van der Waals surface area contributed by atoms with E-state index >= 15 is 0 Å². The Labute approximate surface area is 125 Å². The van der Waals surface area contributed by atoms with Crippen LogP contribution in [0.5, 0.6) is 0 Å². The van der Waals surface area contributed by atoms with E-state index in [0.29, 0.717) is 17.1 Å². The first kappa shape index (κ1) is 14.5. The van der Waals surface area contributed by atoms with Crippen molar-refractivity contribution in [1.82, 2.24) is 5.32 Å². The molecule has 0 spiro atoms. The Morgan fingerprint density at radius 1 is 1.26 bits per heavy atom. The van der Waals surface area contributed by atoms with Crippen LogP contribution >= 0.6 is 27.5 Å². The molecule has 2 aromatic carbocycles. The lowest BCUT2D eigenvalue weighted by Gasteiger charge is -2.16. The van der Waals surface area contributed by atoms with Crippen LogP contribution in [-0.2, 0) is 6.54 Å². The van der Waals surface area contributed by atoms with Crippen molar-refractivity contribution in [2.24, 2.45) is 0 Å². The molecule has 0 amide bonds. The fourth-order valence-corrected chi connectivity index (χ4v) is 2.65. The number of halogens is 3. The van der Waals surface area contributed by atoms with Gasteiger partial charge in [0.15, 0.2) is 0 Å². The van der Waals surface area contributed by atoms with E-state index in [4.69, 9.17) is 11.6 Å². The number of hydrogen-bond donors (Lipinski definition) is 1. The summed E-state index contributed by atoms with van der Waals surface area (Å²) in [6, 6.07) is 12.9. The van der Waals surface area contributed by atoms with Crippen LogP contribution < -0.4 is 5.32 Å². The minimum absolute atomic E-state index is 0.130. The molecule has 0 unspecified atom stereocenters. The Hall–Kier alpha value is -0.900. The van der Waals surface area contributed by atoms with E-state index in [1.165, 1.54) is 6.07 Å². The second kappa shape index (κ2) is 6.51. The van der Waals surface area contributed by atoms with E-state index in [0.717, 1.165) is 10.0 Å². The molecule has 0 aliphatic rings. The first-order chi connectivity index (χ1) is 9.08. The van der Waals surface area contributed by atoms with Gasteiger partial charge in [0, 0.05) is 27.6 Å². The van der Waals surface area contributed by atoms with E-state index in [2.05, 4.69) is 21.2 Å². The van der Waals surface area contributed by atoms with Crippen LogP contribution in [0.2, 0.25) is 5.02 Å². The predicted molar refractivity (Wildman–Crippen MR) is 80.8 cm³/mol. The van der Waals surface area contributed by atoms with Crippen molar-refractivity contribution in [2.45, 2.75) is 19.5 Å². The summed E-state index contributed by atoms with van der Waals surface area (Å²) in [6.45, 7) is 2.51. The lowest BCUT2D eigenvalue weighted by molar-refractivity contribution is 0.543. The van der Waals surface area contributed by atoms with E-state index < -0.39 is 0 Å². The quantitative estimate of drug-likeness (QED) is 0.816. The highest BCUT2D eigenvalue weighted by atomic mass is 79.9. The van der Waals surface area contributed by atoms with Crippen LogP contribution in [0.15, 0.2) is 46.9 Å². The van der Waals surface area contributed by atoms with Crippen molar-refractivity contribution in [3.8, 4) is 0 Å². The summed E-state index contributed by atoms with van der Waals surface area (Å²) >= 11 is 9.25. The van der Waals surface area contributed by atoms with E-state index in [1.807, 2.05) is 31.2 Å². The molecular weight excluding hydrogens is 329 g/mol. The van der Waals surface area contributed by atoms with E-state index in [1.54, 1.807) is 12.1 Å². The Bertz CT molecular complexity index is 574. The topological polar surface area (TPSA) is 12.0 Å². The molecule has 0 fully saturated rings. The van der Waals surface area contributed by atoms with Crippen molar-refractivity contribution < 1.29 is 4.39 Å². The highest BCUT2D eigenvalue weighted by molar-refractivity contribution is 9.10. The molecule has 0 saturated carbocycles. The maximum atomic E-state index is 13.6. The number of benzene rings is 2. The molecule has 0 bridgehead atoms. The minimum atomic E-state index is -0.278. The fourth-order valence-electron chi connectivity index (χ4n) is 1.86. The Kier molecular flexibility index (Phi) is 4.97. The molecule has 2 rings (SSSR count). The van der Waals surface area contributed by atoms with Crippen LogP contribution in [0.25, 0.3) is 0 Å². The fraction of sp³-hybridized carbons (Fsp3) is 0.200. The van der Waals surface area contributed by atoms with E-state index in [9.17, 15) is 4.39 Å². The zero-order valence-corrected chi connectivity index (χ0v) is 12.8. The van der Waals surface area contributed by atoms with Gasteiger partial charge in [-0.1, -0.05) is 51.8 Å². The maximum Gasteiger partial charge on any atom is 0.129 e. The molecule has 0 aliphatic carbocycles. The first-order valence-corrected chi connectivity index (χ1v) is 7.17.